The Labute approximate surface area is 85.8 Å². The normalized spacial score (nSPS) is 10.7. The quantitative estimate of drug-likeness (QED) is 0.777. The first-order valence-corrected chi connectivity index (χ1v) is 5.14. The van der Waals surface area contributed by atoms with E-state index in [1.165, 1.54) is 11.3 Å². The molecule has 1 N–H and O–H groups in total. The van der Waals surface area contributed by atoms with Gasteiger partial charge < -0.3 is 5.11 Å². The number of carboxylic acid groups (broad SMARTS) is 1. The first kappa shape index (κ1) is 9.21. The molecule has 0 unspecified atom stereocenters. The SMILES string of the molecule is Cc1ccc2sc(C(=O)O)c(C)c2c1. The number of fused-ring (bicyclic) bond motifs is 1. The van der Waals surface area contributed by atoms with Crippen LogP contribution in [-0.2, 0) is 0 Å². The highest BCUT2D eigenvalue weighted by atomic mass is 32.1. The van der Waals surface area contributed by atoms with Gasteiger partial charge in [-0.2, -0.15) is 0 Å². The molecule has 0 aliphatic carbocycles. The molecule has 0 aliphatic heterocycles. The van der Waals surface area contributed by atoms with Gasteiger partial charge in [-0.25, -0.2) is 4.79 Å². The Bertz CT molecular complexity index is 511. The number of carboxylic acids is 1. The number of hydrogen-bond acceptors (Lipinski definition) is 2. The molecule has 0 spiro atoms. The third-order valence-corrected chi connectivity index (χ3v) is 3.55. The van der Waals surface area contributed by atoms with Gasteiger partial charge in [-0.15, -0.1) is 11.3 Å². The number of rotatable bonds is 1. The minimum Gasteiger partial charge on any atom is -0.477 e. The van der Waals surface area contributed by atoms with Crippen LogP contribution in [0.5, 0.6) is 0 Å². The summed E-state index contributed by atoms with van der Waals surface area (Å²) < 4.78 is 1.05. The fraction of sp³-hybridized carbons (Fsp3) is 0.182. The van der Waals surface area contributed by atoms with E-state index < -0.39 is 5.97 Å². The van der Waals surface area contributed by atoms with E-state index >= 15 is 0 Å². The maximum atomic E-state index is 10.9. The highest BCUT2D eigenvalue weighted by Crippen LogP contribution is 2.31. The second-order valence-corrected chi connectivity index (χ2v) is 4.41. The fourth-order valence-electron chi connectivity index (χ4n) is 1.54. The average molecular weight is 206 g/mol. The van der Waals surface area contributed by atoms with Gasteiger partial charge >= 0.3 is 5.97 Å². The van der Waals surface area contributed by atoms with Gasteiger partial charge in [0.1, 0.15) is 4.88 Å². The van der Waals surface area contributed by atoms with Crippen molar-refractivity contribution in [2.24, 2.45) is 0 Å². The van der Waals surface area contributed by atoms with Gasteiger partial charge in [-0.1, -0.05) is 17.7 Å². The highest BCUT2D eigenvalue weighted by Gasteiger charge is 2.13. The van der Waals surface area contributed by atoms with Gasteiger partial charge in [0.25, 0.3) is 0 Å². The van der Waals surface area contributed by atoms with Crippen LogP contribution >= 0.6 is 11.3 Å². The molecule has 0 atom stereocenters. The molecular formula is C11H10O2S. The molecule has 2 aromatic rings. The van der Waals surface area contributed by atoms with Gasteiger partial charge in [-0.05, 0) is 30.9 Å². The van der Waals surface area contributed by atoms with Crippen molar-refractivity contribution in [3.05, 3.63) is 34.2 Å². The molecular weight excluding hydrogens is 196 g/mol. The molecule has 1 aromatic carbocycles. The van der Waals surface area contributed by atoms with Gasteiger partial charge in [0.15, 0.2) is 0 Å². The second kappa shape index (κ2) is 3.10. The van der Waals surface area contributed by atoms with Crippen molar-refractivity contribution in [2.45, 2.75) is 13.8 Å². The Morgan fingerprint density at radius 2 is 2.07 bits per heavy atom. The second-order valence-electron chi connectivity index (χ2n) is 3.36. The van der Waals surface area contributed by atoms with E-state index in [0.29, 0.717) is 4.88 Å². The summed E-state index contributed by atoms with van der Waals surface area (Å²) in [4.78, 5) is 11.3. The zero-order valence-corrected chi connectivity index (χ0v) is 8.81. The topological polar surface area (TPSA) is 37.3 Å². The molecule has 0 aliphatic rings. The van der Waals surface area contributed by atoms with Crippen LogP contribution in [0.15, 0.2) is 18.2 Å². The summed E-state index contributed by atoms with van der Waals surface area (Å²) >= 11 is 1.34. The minimum atomic E-state index is -0.832. The summed E-state index contributed by atoms with van der Waals surface area (Å²) in [6, 6.07) is 6.02. The average Bonchev–Trinajstić information content (AvgIpc) is 2.44. The first-order valence-electron chi connectivity index (χ1n) is 4.32. The monoisotopic (exact) mass is 206 g/mol. The van der Waals surface area contributed by atoms with E-state index in [-0.39, 0.29) is 0 Å². The maximum absolute atomic E-state index is 10.9. The smallest absolute Gasteiger partial charge is 0.346 e. The Hall–Kier alpha value is -1.35. The highest BCUT2D eigenvalue weighted by molar-refractivity contribution is 7.21. The number of aromatic carboxylic acids is 1. The molecule has 14 heavy (non-hydrogen) atoms. The predicted octanol–water partition coefficient (Wildman–Crippen LogP) is 3.22. The molecule has 0 saturated heterocycles. The zero-order valence-electron chi connectivity index (χ0n) is 8.00. The molecule has 0 bridgehead atoms. The molecule has 0 radical (unpaired) electrons. The lowest BCUT2D eigenvalue weighted by Crippen LogP contribution is -1.93. The van der Waals surface area contributed by atoms with Crippen LogP contribution in [0.25, 0.3) is 10.1 Å². The van der Waals surface area contributed by atoms with Crippen molar-refractivity contribution in [2.75, 3.05) is 0 Å². The summed E-state index contributed by atoms with van der Waals surface area (Å²) in [5.41, 5.74) is 2.04. The fourth-order valence-corrected chi connectivity index (χ4v) is 2.57. The largest absolute Gasteiger partial charge is 0.477 e. The van der Waals surface area contributed by atoms with Crippen LogP contribution < -0.4 is 0 Å². The third kappa shape index (κ3) is 1.30. The van der Waals surface area contributed by atoms with Crippen molar-refractivity contribution < 1.29 is 9.90 Å². The molecule has 1 heterocycles. The van der Waals surface area contributed by atoms with E-state index in [4.69, 9.17) is 5.11 Å². The van der Waals surface area contributed by atoms with Gasteiger partial charge in [0.2, 0.25) is 0 Å². The minimum absolute atomic E-state index is 0.450. The lowest BCUT2D eigenvalue weighted by atomic mass is 10.1. The number of thiophene rings is 1. The Morgan fingerprint density at radius 1 is 1.36 bits per heavy atom. The Kier molecular flexibility index (Phi) is 2.04. The number of carbonyl (C=O) groups is 1. The van der Waals surface area contributed by atoms with Crippen LogP contribution in [0.2, 0.25) is 0 Å². The molecule has 2 nitrogen and oxygen atoms in total. The lowest BCUT2D eigenvalue weighted by Gasteiger charge is -1.93. The van der Waals surface area contributed by atoms with Crippen molar-refractivity contribution >= 4 is 27.4 Å². The molecule has 0 fully saturated rings. The summed E-state index contributed by atoms with van der Waals surface area (Å²) in [5, 5.41) is 10.0. The molecule has 3 heteroatoms. The van der Waals surface area contributed by atoms with Gasteiger partial charge in [-0.3, -0.25) is 0 Å². The third-order valence-electron chi connectivity index (χ3n) is 2.29. The van der Waals surface area contributed by atoms with Crippen LogP contribution in [0.3, 0.4) is 0 Å². The zero-order chi connectivity index (χ0) is 10.3. The van der Waals surface area contributed by atoms with Gasteiger partial charge in [0, 0.05) is 4.70 Å². The summed E-state index contributed by atoms with van der Waals surface area (Å²) in [6.45, 7) is 3.87. The van der Waals surface area contributed by atoms with E-state index in [1.54, 1.807) is 0 Å². The molecule has 0 amide bonds. The molecule has 1 aromatic heterocycles. The number of hydrogen-bond donors (Lipinski definition) is 1. The first-order chi connectivity index (χ1) is 6.59. The maximum Gasteiger partial charge on any atom is 0.346 e. The van der Waals surface area contributed by atoms with Crippen LogP contribution in [0.4, 0.5) is 0 Å². The van der Waals surface area contributed by atoms with E-state index in [9.17, 15) is 4.79 Å². The summed E-state index contributed by atoms with van der Waals surface area (Å²) in [7, 11) is 0. The number of aryl methyl sites for hydroxylation is 2. The lowest BCUT2D eigenvalue weighted by molar-refractivity contribution is 0.0701. The Balaban J connectivity index is 2.80. The molecule has 72 valence electrons. The van der Waals surface area contributed by atoms with Crippen molar-refractivity contribution in [1.82, 2.24) is 0 Å². The van der Waals surface area contributed by atoms with Gasteiger partial charge in [0.05, 0.1) is 0 Å². The van der Waals surface area contributed by atoms with Crippen LogP contribution in [0, 0.1) is 13.8 Å². The van der Waals surface area contributed by atoms with E-state index in [0.717, 1.165) is 21.2 Å². The standard InChI is InChI=1S/C11H10O2S/c1-6-3-4-9-8(5-6)7(2)10(14-9)11(12)13/h3-5H,1-2H3,(H,12,13). The van der Waals surface area contributed by atoms with Crippen LogP contribution in [0.1, 0.15) is 20.8 Å². The Morgan fingerprint density at radius 3 is 2.71 bits per heavy atom. The predicted molar refractivity (Wildman–Crippen MR) is 58.3 cm³/mol. The van der Waals surface area contributed by atoms with Crippen LogP contribution in [-0.4, -0.2) is 11.1 Å². The summed E-state index contributed by atoms with van der Waals surface area (Å²) in [6.07, 6.45) is 0. The number of benzene rings is 1. The summed E-state index contributed by atoms with van der Waals surface area (Å²) in [5.74, 6) is -0.832. The van der Waals surface area contributed by atoms with E-state index in [2.05, 4.69) is 0 Å². The molecule has 0 saturated carbocycles. The molecule has 2 rings (SSSR count). The van der Waals surface area contributed by atoms with E-state index in [1.807, 2.05) is 32.0 Å². The van der Waals surface area contributed by atoms with Crippen molar-refractivity contribution in [1.29, 1.82) is 0 Å². The van der Waals surface area contributed by atoms with Crippen molar-refractivity contribution in [3.63, 3.8) is 0 Å². The van der Waals surface area contributed by atoms with Crippen molar-refractivity contribution in [3.8, 4) is 0 Å².